The summed E-state index contributed by atoms with van der Waals surface area (Å²) in [6.07, 6.45) is 57.6. The van der Waals surface area contributed by atoms with Crippen LogP contribution >= 0.6 is 0 Å². The molecule has 26 heteroatoms. The molecule has 0 aliphatic carbocycles. The molecule has 0 bridgehead atoms. The van der Waals surface area contributed by atoms with Gasteiger partial charge in [0.2, 0.25) is 11.8 Å². The van der Waals surface area contributed by atoms with Crippen molar-refractivity contribution in [2.75, 3.05) is 251 Å². The van der Waals surface area contributed by atoms with Crippen molar-refractivity contribution in [3.63, 3.8) is 0 Å². The smallest absolute Gasteiger partial charge is 0.253 e. The number of carbonyl (C=O) groups is 4. The van der Waals surface area contributed by atoms with Crippen LogP contribution in [0.2, 0.25) is 0 Å². The van der Waals surface area contributed by atoms with Gasteiger partial charge in [-0.15, -0.1) is 111 Å². The largest absolute Gasteiger partial charge is 0.381 e. The van der Waals surface area contributed by atoms with Crippen LogP contribution in [-0.4, -0.2) is 279 Å². The Hall–Kier alpha value is -6.90. The van der Waals surface area contributed by atoms with Gasteiger partial charge in [0, 0.05) is 142 Å². The lowest BCUT2D eigenvalue weighted by Crippen LogP contribution is -2.42. The molecule has 0 fully saturated rings. The van der Waals surface area contributed by atoms with Gasteiger partial charge in [-0.25, -0.2) is 0 Å². The van der Waals surface area contributed by atoms with Gasteiger partial charge in [-0.1, -0.05) is 184 Å². The Morgan fingerprint density at radius 2 is 0.420 bits per heavy atom. The summed E-state index contributed by atoms with van der Waals surface area (Å²) in [5, 5.41) is 5.33. The Bertz CT molecular complexity index is 2510. The molecular formula is C105H220N6O20. The van der Waals surface area contributed by atoms with Crippen LogP contribution in [0, 0.1) is 133 Å². The molecule has 131 heavy (non-hydrogen) atoms. The van der Waals surface area contributed by atoms with E-state index in [9.17, 15) is 19.2 Å². The number of amides is 4. The van der Waals surface area contributed by atoms with Crippen molar-refractivity contribution in [3.8, 4) is 111 Å². The Morgan fingerprint density at radius 1 is 0.267 bits per heavy atom. The highest BCUT2D eigenvalue weighted by Gasteiger charge is 2.36. The molecule has 26 nitrogen and oxygen atoms in total. The summed E-state index contributed by atoms with van der Waals surface area (Å²) < 4.78 is 91.5. The minimum atomic E-state index is -0.654. The van der Waals surface area contributed by atoms with Crippen LogP contribution in [0.3, 0.4) is 0 Å². The average Bonchev–Trinajstić information content (AvgIpc) is 1.67. The zero-order valence-corrected chi connectivity index (χ0v) is 66.0. The number of nitrogens with one attached hydrogen (secondary N) is 2. The second-order valence-electron chi connectivity index (χ2n) is 25.2. The lowest BCUT2D eigenvalue weighted by molar-refractivity contribution is -0.137. The van der Waals surface area contributed by atoms with Crippen molar-refractivity contribution in [1.82, 2.24) is 15.5 Å². The summed E-state index contributed by atoms with van der Waals surface area (Å²) in [5.74, 6) is 21.5. The van der Waals surface area contributed by atoms with Crippen LogP contribution in [-0.2, 0) is 95.0 Å². The summed E-state index contributed by atoms with van der Waals surface area (Å²) in [6, 6.07) is 0. The third-order valence-electron chi connectivity index (χ3n) is 14.6. The minimum absolute atomic E-state index is 0. The van der Waals surface area contributed by atoms with E-state index in [-0.39, 0.29) is 252 Å². The van der Waals surface area contributed by atoms with Gasteiger partial charge in [-0.3, -0.25) is 24.1 Å². The fourth-order valence-electron chi connectivity index (χ4n) is 9.09. The van der Waals surface area contributed by atoms with Gasteiger partial charge in [0.1, 0.15) is 0 Å². The van der Waals surface area contributed by atoms with Gasteiger partial charge in [-0.2, -0.15) is 0 Å². The predicted octanol–water partition coefficient (Wildman–Crippen LogP) is 18.4. The molecule has 1 aliphatic rings. The third kappa shape index (κ3) is 115. The number of hydrogen-bond acceptors (Lipinski definition) is 23. The first-order chi connectivity index (χ1) is 53.1. The summed E-state index contributed by atoms with van der Waals surface area (Å²) in [5.41, 5.74) is 14.7. The molecule has 0 spiro atoms. The zero-order valence-electron chi connectivity index (χ0n) is 66.0. The molecule has 0 atom stereocenters. The number of rotatable bonds is 71. The highest BCUT2D eigenvalue weighted by Crippen LogP contribution is 2.25. The Morgan fingerprint density at radius 3 is 0.580 bits per heavy atom. The van der Waals surface area contributed by atoms with E-state index in [0.29, 0.717) is 256 Å². The minimum Gasteiger partial charge on any atom is -0.381 e. The van der Waals surface area contributed by atoms with Gasteiger partial charge in [0.05, 0.1) is 213 Å². The van der Waals surface area contributed by atoms with E-state index in [0.717, 1.165) is 36.3 Å². The molecule has 0 aromatic heterocycles. The van der Waals surface area contributed by atoms with Crippen molar-refractivity contribution in [2.45, 2.75) is 274 Å². The summed E-state index contributed by atoms with van der Waals surface area (Å²) >= 11 is 0. The van der Waals surface area contributed by atoms with E-state index >= 15 is 0 Å². The lowest BCUT2D eigenvalue weighted by atomic mass is 9.92. The number of nitrogens with two attached hydrogens (primary N) is 3. The monoisotopic (exact) mass is 1890 g/mol. The maximum atomic E-state index is 12.2. The SMILES string of the molecule is C.C.C.C.C.C.C.C.C.C.C.C.C.C.C.C.C.C.C.C.C.C.C#CCCOCC(COCCC#C)(COCCC#C)COCCC(=O)NCCNC(=O)CCN1C(=O)C=CC1=O.C#CCCOCC(COCCC)(COCCC#C)COCCC#C.C#CCCOCC(COCCC)(COCCN)COCCC#C.C#CCCOCC(COCCC)(COCCN)COCCN. The Kier molecular flexibility index (Phi) is 210. The Balaban J connectivity index is -0.0000000484. The van der Waals surface area contributed by atoms with Crippen LogP contribution in [0.15, 0.2) is 12.2 Å². The number of hydrogen-bond donors (Lipinski definition) is 5. The van der Waals surface area contributed by atoms with Gasteiger partial charge in [0.15, 0.2) is 0 Å². The second-order valence-corrected chi connectivity index (χ2v) is 25.2. The van der Waals surface area contributed by atoms with Crippen molar-refractivity contribution >= 4 is 23.6 Å². The van der Waals surface area contributed by atoms with Crippen LogP contribution in [0.4, 0.5) is 0 Å². The molecule has 1 aliphatic heterocycles. The fourth-order valence-corrected chi connectivity index (χ4v) is 9.09. The van der Waals surface area contributed by atoms with Crippen LogP contribution in [0.25, 0.3) is 0 Å². The van der Waals surface area contributed by atoms with Crippen LogP contribution < -0.4 is 27.8 Å². The maximum Gasteiger partial charge on any atom is 0.253 e. The number of terminal acetylenes is 9. The first-order valence-electron chi connectivity index (χ1n) is 37.4. The van der Waals surface area contributed by atoms with Crippen molar-refractivity contribution in [2.24, 2.45) is 38.9 Å². The van der Waals surface area contributed by atoms with Crippen LogP contribution in [0.5, 0.6) is 0 Å². The summed E-state index contributed by atoms with van der Waals surface area (Å²) in [7, 11) is 0. The van der Waals surface area contributed by atoms with Gasteiger partial charge < -0.3 is 104 Å². The van der Waals surface area contributed by atoms with Gasteiger partial charge in [-0.05, 0) is 19.3 Å². The third-order valence-corrected chi connectivity index (χ3v) is 14.6. The molecular weight excluding hydrogens is 1670 g/mol. The molecule has 4 amide bonds. The van der Waals surface area contributed by atoms with Gasteiger partial charge in [0.25, 0.3) is 11.8 Å². The standard InChI is InChI=1S/C29H39N3O8.C20H30O4.C18H31NO4.C16H32N2O4.22CH4/c1-4-7-17-37-21-29(22-38-18-8-5-2,23-39-19-9-6-3)24-40-20-13-26(34)31-15-14-30-25(33)12-16-32-27(35)10-11-28(32)36;1-5-9-13-22-17-20(16-21-12-8-4,18-23-14-10-6-2)19-24-15-11-7-3;1-4-7-11-21-15-18(14-20-10-6-3,17-23-13-9-19)16-22-12-8-5-2;1-3-5-9-20-13-16(12-19-8-4-2,14-21-10-6-17)15-22-11-7-18;;;;;;;;;;;;;;;;;;;;;;/h1-3,10-11H,7-9,12-24H2,(H,30,33)(H,31,34);1-3H,8-19H2,4H3;1-2H,6-17,19H2,3H3;1H,4-15,17-18H2,2H3;22*1H4. The second kappa shape index (κ2) is 143. The molecule has 0 unspecified atom stereocenters. The normalized spacial score (nSPS) is 9.70. The highest BCUT2D eigenvalue weighted by atomic mass is 16.5. The molecule has 1 heterocycles. The van der Waals surface area contributed by atoms with Crippen molar-refractivity contribution in [1.29, 1.82) is 0 Å². The molecule has 0 radical (unpaired) electrons. The zero-order chi connectivity index (χ0) is 81.2. The predicted molar refractivity (Wildman–Crippen MR) is 571 cm³/mol. The Labute approximate surface area is 816 Å². The van der Waals surface area contributed by atoms with E-state index in [1.807, 2.05) is 0 Å². The quantitative estimate of drug-likeness (QED) is 0.0215. The number of nitrogens with zero attached hydrogens (tertiary/aromatic N) is 1. The summed E-state index contributed by atoms with van der Waals surface area (Å²) in [4.78, 5) is 48.1. The van der Waals surface area contributed by atoms with E-state index in [1.54, 1.807) is 0 Å². The molecule has 8 N–H and O–H groups in total. The highest BCUT2D eigenvalue weighted by molar-refractivity contribution is 6.13. The summed E-state index contributed by atoms with van der Waals surface area (Å²) in [6.45, 7) is 22.5. The molecule has 1 rings (SSSR count). The van der Waals surface area contributed by atoms with E-state index in [1.165, 1.54) is 0 Å². The number of imide groups is 1. The molecule has 0 aromatic rings. The van der Waals surface area contributed by atoms with E-state index in [4.69, 9.17) is 151 Å². The maximum absolute atomic E-state index is 12.2. The molecule has 0 aromatic carbocycles. The number of ether oxygens (including phenoxy) is 16. The average molecular weight is 1890 g/mol. The molecule has 0 saturated heterocycles. The first-order valence-corrected chi connectivity index (χ1v) is 37.4. The van der Waals surface area contributed by atoms with Crippen molar-refractivity contribution < 1.29 is 95.0 Å². The van der Waals surface area contributed by atoms with Crippen molar-refractivity contribution in [3.05, 3.63) is 12.2 Å². The number of carbonyl (C=O) groups excluding carboxylic acids is 4. The fraction of sp³-hybridized carbons (Fsp3) is 0.771. The topological polar surface area (TPSA) is 321 Å². The van der Waals surface area contributed by atoms with Crippen LogP contribution in [0.1, 0.15) is 274 Å². The lowest BCUT2D eigenvalue weighted by Gasteiger charge is -2.33. The molecule has 0 saturated carbocycles. The van der Waals surface area contributed by atoms with E-state index < -0.39 is 22.6 Å². The van der Waals surface area contributed by atoms with Gasteiger partial charge >= 0.3 is 0 Å². The first kappa shape index (κ1) is 191. The molecule has 790 valence electrons. The van der Waals surface area contributed by atoms with E-state index in [2.05, 4.69) is 84.7 Å².